The van der Waals surface area contributed by atoms with Crippen LogP contribution in [-0.2, 0) is 20.8 Å². The number of carbonyl (C=O) groups is 3. The van der Waals surface area contributed by atoms with Crippen LogP contribution in [0.1, 0.15) is 57.9 Å². The van der Waals surface area contributed by atoms with Crippen LogP contribution in [0.25, 0.3) is 0 Å². The van der Waals surface area contributed by atoms with Gasteiger partial charge in [-0.05, 0) is 37.7 Å². The number of thioether (sulfide) groups is 1. The molecule has 1 N–H and O–H groups in total. The molecule has 1 aromatic rings. The first kappa shape index (κ1) is 31.4. The molecular weight excluding hydrogens is 534 g/mol. The minimum atomic E-state index is -0.728. The Labute approximate surface area is 250 Å². The van der Waals surface area contributed by atoms with Gasteiger partial charge >= 0.3 is 0 Å². The van der Waals surface area contributed by atoms with Gasteiger partial charge in [0.05, 0.1) is 29.2 Å². The number of unbranched alkanes of at least 4 members (excludes halogenated alkanes) is 2. The monoisotopic (exact) mass is 581 g/mol. The number of aliphatic hydroxyl groups excluding tert-OH is 1. The number of nitrogens with zero attached hydrogens (tertiary/aromatic N) is 3. The lowest BCUT2D eigenvalue weighted by molar-refractivity contribution is -0.147. The van der Waals surface area contributed by atoms with Gasteiger partial charge in [-0.25, -0.2) is 0 Å². The van der Waals surface area contributed by atoms with Gasteiger partial charge < -0.3 is 19.8 Å². The van der Waals surface area contributed by atoms with Crippen molar-refractivity contribution in [1.82, 2.24) is 14.7 Å². The lowest BCUT2D eigenvalue weighted by Crippen LogP contribution is -2.58. The molecule has 6 atom stereocenters. The van der Waals surface area contributed by atoms with Gasteiger partial charge in [0.2, 0.25) is 17.7 Å². The largest absolute Gasteiger partial charge is 0.394 e. The Bertz CT molecular complexity index is 1100. The first-order valence-corrected chi connectivity index (χ1v) is 16.2. The topological polar surface area (TPSA) is 81.2 Å². The van der Waals surface area contributed by atoms with Crippen LogP contribution in [0.2, 0.25) is 0 Å². The van der Waals surface area contributed by atoms with Crippen LogP contribution in [0.4, 0.5) is 0 Å². The van der Waals surface area contributed by atoms with Crippen molar-refractivity contribution < 1.29 is 19.5 Å². The maximum atomic E-state index is 14.6. The van der Waals surface area contributed by atoms with E-state index in [2.05, 4.69) is 20.1 Å². The van der Waals surface area contributed by atoms with Gasteiger partial charge in [-0.1, -0.05) is 69.2 Å². The maximum absolute atomic E-state index is 14.6. The van der Waals surface area contributed by atoms with E-state index in [1.165, 1.54) is 0 Å². The molecule has 0 aromatic heterocycles. The Morgan fingerprint density at radius 1 is 1.07 bits per heavy atom. The molecule has 224 valence electrons. The molecule has 2 bridgehead atoms. The molecule has 41 heavy (non-hydrogen) atoms. The number of likely N-dealkylation sites (tertiary alicyclic amines) is 1. The van der Waals surface area contributed by atoms with E-state index in [-0.39, 0.29) is 29.6 Å². The molecule has 3 aliphatic rings. The summed E-state index contributed by atoms with van der Waals surface area (Å²) < 4.78 is -0.681. The van der Waals surface area contributed by atoms with Gasteiger partial charge in [0.25, 0.3) is 0 Å². The maximum Gasteiger partial charge on any atom is 0.247 e. The molecule has 3 heterocycles. The number of rotatable bonds is 16. The summed E-state index contributed by atoms with van der Waals surface area (Å²) in [7, 11) is 0. The number of hydrogen-bond donors (Lipinski definition) is 1. The van der Waals surface area contributed by atoms with Crippen LogP contribution in [-0.4, -0.2) is 92.4 Å². The zero-order valence-corrected chi connectivity index (χ0v) is 25.6. The van der Waals surface area contributed by atoms with Gasteiger partial charge in [0.1, 0.15) is 6.04 Å². The highest BCUT2D eigenvalue weighted by atomic mass is 32.2. The Morgan fingerprint density at radius 2 is 1.76 bits per heavy atom. The van der Waals surface area contributed by atoms with E-state index in [0.717, 1.165) is 37.7 Å². The molecule has 2 unspecified atom stereocenters. The Kier molecular flexibility index (Phi) is 10.8. The second kappa shape index (κ2) is 14.1. The van der Waals surface area contributed by atoms with Gasteiger partial charge in [-0.3, -0.25) is 14.4 Å². The van der Waals surface area contributed by atoms with Gasteiger partial charge in [-0.2, -0.15) is 0 Å². The molecular formula is C33H47N3O4S. The first-order valence-electron chi connectivity index (χ1n) is 15.3. The first-order chi connectivity index (χ1) is 19.9. The third-order valence-corrected chi connectivity index (χ3v) is 11.0. The molecule has 0 aliphatic carbocycles. The van der Waals surface area contributed by atoms with Crippen LogP contribution in [0.15, 0.2) is 55.6 Å². The molecule has 7 nitrogen and oxygen atoms in total. The van der Waals surface area contributed by atoms with Crippen molar-refractivity contribution in [3.8, 4) is 0 Å². The van der Waals surface area contributed by atoms with Crippen molar-refractivity contribution in [1.29, 1.82) is 0 Å². The predicted octanol–water partition coefficient (Wildman–Crippen LogP) is 4.31. The second-order valence-corrected chi connectivity index (χ2v) is 13.3. The minimum absolute atomic E-state index is 0.00715. The second-order valence-electron chi connectivity index (χ2n) is 11.7. The van der Waals surface area contributed by atoms with E-state index < -0.39 is 28.7 Å². The van der Waals surface area contributed by atoms with Crippen LogP contribution in [0.5, 0.6) is 0 Å². The lowest BCUT2D eigenvalue weighted by Gasteiger charge is -2.40. The number of fused-ring (bicyclic) bond motifs is 1. The van der Waals surface area contributed by atoms with Crippen molar-refractivity contribution in [2.24, 2.45) is 11.8 Å². The highest BCUT2D eigenvalue weighted by Gasteiger charge is 2.74. The van der Waals surface area contributed by atoms with Gasteiger partial charge in [0, 0.05) is 31.4 Å². The lowest BCUT2D eigenvalue weighted by atomic mass is 9.70. The fraction of sp³-hybridized carbons (Fsp3) is 0.606. The molecule has 0 radical (unpaired) electrons. The van der Waals surface area contributed by atoms with Crippen molar-refractivity contribution in [3.63, 3.8) is 0 Å². The molecule has 3 fully saturated rings. The van der Waals surface area contributed by atoms with Crippen LogP contribution >= 0.6 is 11.8 Å². The Morgan fingerprint density at radius 3 is 2.37 bits per heavy atom. The summed E-state index contributed by atoms with van der Waals surface area (Å²) in [6, 6.07) is 8.51. The van der Waals surface area contributed by atoms with Crippen molar-refractivity contribution >= 4 is 29.5 Å². The van der Waals surface area contributed by atoms with Crippen LogP contribution in [0, 0.1) is 11.8 Å². The zero-order chi connectivity index (χ0) is 29.6. The van der Waals surface area contributed by atoms with Crippen LogP contribution in [0.3, 0.4) is 0 Å². The molecule has 8 heteroatoms. The van der Waals surface area contributed by atoms with E-state index in [4.69, 9.17) is 0 Å². The van der Waals surface area contributed by atoms with E-state index in [9.17, 15) is 19.5 Å². The number of carbonyl (C=O) groups excluding carboxylic acids is 3. The van der Waals surface area contributed by atoms with Crippen molar-refractivity contribution in [2.75, 3.05) is 32.8 Å². The number of amides is 3. The summed E-state index contributed by atoms with van der Waals surface area (Å²) in [5.74, 6) is -1.30. The molecule has 4 rings (SSSR count). The number of benzene rings is 1. The van der Waals surface area contributed by atoms with Gasteiger partial charge in [-0.15, -0.1) is 24.9 Å². The summed E-state index contributed by atoms with van der Waals surface area (Å²) in [4.78, 5) is 48.6. The number of aliphatic hydroxyl groups is 1. The predicted molar refractivity (Wildman–Crippen MR) is 165 cm³/mol. The van der Waals surface area contributed by atoms with E-state index >= 15 is 0 Å². The van der Waals surface area contributed by atoms with Crippen molar-refractivity contribution in [2.45, 2.75) is 80.9 Å². The van der Waals surface area contributed by atoms with E-state index in [0.29, 0.717) is 39.0 Å². The van der Waals surface area contributed by atoms with E-state index in [1.54, 1.807) is 28.8 Å². The summed E-state index contributed by atoms with van der Waals surface area (Å²) in [5.41, 5.74) is 0.996. The molecule has 1 spiro atoms. The van der Waals surface area contributed by atoms with Crippen LogP contribution < -0.4 is 0 Å². The average Bonchev–Trinajstić information content (AvgIpc) is 3.62. The molecule has 1 aromatic carbocycles. The summed E-state index contributed by atoms with van der Waals surface area (Å²) in [6.45, 7) is 13.7. The fourth-order valence-corrected chi connectivity index (χ4v) is 9.48. The summed E-state index contributed by atoms with van der Waals surface area (Å²) in [5, 5.41) is 10.7. The minimum Gasteiger partial charge on any atom is -0.394 e. The Balaban J connectivity index is 1.76. The molecule has 3 aliphatic heterocycles. The normalized spacial score (nSPS) is 27.0. The third kappa shape index (κ3) is 6.00. The average molecular weight is 582 g/mol. The standard InChI is InChI=1S/C33H47N3O4S/c1-5-9-13-21-35(20-8-4)32(40)29-33-17-16-26(41-33)27(30(38)34(18-6-2)19-7-3)28(33)31(39)36(29)25(23-37)22-24-14-11-10-12-15-24/h6,8,10-12,14-15,25-29,37H,2,4-5,7,9,13,16-23H2,1,3H3/t25-,26-,27+,28+,29?,33?/m1/s1. The fourth-order valence-electron chi connectivity index (χ4n) is 7.28. The van der Waals surface area contributed by atoms with Gasteiger partial charge in [0.15, 0.2) is 0 Å². The zero-order valence-electron chi connectivity index (χ0n) is 24.7. The molecule has 3 amide bonds. The Hall–Kier alpha value is -2.58. The highest BCUT2D eigenvalue weighted by Crippen LogP contribution is 2.67. The number of hydrogen-bond acceptors (Lipinski definition) is 5. The summed E-state index contributed by atoms with van der Waals surface area (Å²) in [6.07, 6.45) is 9.20. The van der Waals surface area contributed by atoms with Crippen molar-refractivity contribution in [3.05, 3.63) is 61.2 Å². The SMILES string of the molecule is C=CCN(CCCCC)C(=O)C1N([C@@H](CO)Cc2ccccc2)C(=O)[C@@H]2[C@@H](C(=O)N(CC=C)CCC)[C@H]3CCC12S3. The van der Waals surface area contributed by atoms with E-state index in [1.807, 2.05) is 47.1 Å². The molecule has 0 saturated carbocycles. The third-order valence-electron chi connectivity index (χ3n) is 9.02. The quantitative estimate of drug-likeness (QED) is 0.233. The smallest absolute Gasteiger partial charge is 0.247 e. The highest BCUT2D eigenvalue weighted by molar-refractivity contribution is 8.02. The summed E-state index contributed by atoms with van der Waals surface area (Å²) >= 11 is 1.69. The molecule has 3 saturated heterocycles.